The summed E-state index contributed by atoms with van der Waals surface area (Å²) in [5.41, 5.74) is 3.58. The van der Waals surface area contributed by atoms with Crippen molar-refractivity contribution in [1.29, 1.82) is 0 Å². The third-order valence-electron chi connectivity index (χ3n) is 3.89. The second-order valence-corrected chi connectivity index (χ2v) is 6.48. The number of amides is 1. The molecule has 4 rings (SSSR count). The van der Waals surface area contributed by atoms with Crippen LogP contribution in [0.15, 0.2) is 46.9 Å². The quantitative estimate of drug-likeness (QED) is 0.570. The summed E-state index contributed by atoms with van der Waals surface area (Å²) in [6, 6.07) is 13.6. The van der Waals surface area contributed by atoms with E-state index in [4.69, 9.17) is 4.42 Å². The number of nitrogens with zero attached hydrogens (tertiary/aromatic N) is 1. The Kier molecular flexibility index (Phi) is 3.16. The number of carbonyl (C=O) groups is 1. The molecule has 23 heavy (non-hydrogen) atoms. The summed E-state index contributed by atoms with van der Waals surface area (Å²) >= 11 is 1.46. The number of aromatic nitrogens is 1. The van der Waals surface area contributed by atoms with Crippen LogP contribution in [0.1, 0.15) is 21.7 Å². The smallest absolute Gasteiger partial charge is 0.293 e. The highest BCUT2D eigenvalue weighted by molar-refractivity contribution is 7.22. The van der Waals surface area contributed by atoms with Gasteiger partial charge in [0.2, 0.25) is 0 Å². The van der Waals surface area contributed by atoms with Gasteiger partial charge in [-0.3, -0.25) is 10.1 Å². The average Bonchev–Trinajstić information content (AvgIpc) is 3.10. The molecule has 1 amide bonds. The van der Waals surface area contributed by atoms with Gasteiger partial charge in [-0.2, -0.15) is 0 Å². The summed E-state index contributed by atoms with van der Waals surface area (Å²) in [7, 11) is 0. The van der Waals surface area contributed by atoms with Gasteiger partial charge in [0.25, 0.3) is 5.91 Å². The molecule has 2 aromatic heterocycles. The summed E-state index contributed by atoms with van der Waals surface area (Å²) in [4.78, 5) is 17.0. The Balaban J connectivity index is 1.70. The number of furan rings is 1. The second-order valence-electron chi connectivity index (χ2n) is 5.45. The lowest BCUT2D eigenvalue weighted by Crippen LogP contribution is -2.11. The lowest BCUT2D eigenvalue weighted by molar-refractivity contribution is 0.0998. The fraction of sp³-hybridized carbons (Fsp3) is 0.111. The van der Waals surface area contributed by atoms with Gasteiger partial charge in [0.1, 0.15) is 5.58 Å². The number of aryl methyl sites for hydroxylation is 2. The minimum atomic E-state index is -0.268. The van der Waals surface area contributed by atoms with Gasteiger partial charge in [-0.1, -0.05) is 41.7 Å². The molecule has 4 aromatic rings. The number of nitrogens with one attached hydrogen (secondary N) is 1. The van der Waals surface area contributed by atoms with E-state index in [2.05, 4.69) is 10.3 Å². The number of carbonyl (C=O) groups excluding carboxylic acids is 1. The Labute approximate surface area is 136 Å². The number of rotatable bonds is 2. The van der Waals surface area contributed by atoms with E-state index in [9.17, 15) is 4.79 Å². The predicted octanol–water partition coefficient (Wildman–Crippen LogP) is 4.91. The number of benzene rings is 2. The van der Waals surface area contributed by atoms with Gasteiger partial charge >= 0.3 is 0 Å². The topological polar surface area (TPSA) is 55.1 Å². The summed E-state index contributed by atoms with van der Waals surface area (Å²) in [5, 5.41) is 4.39. The van der Waals surface area contributed by atoms with Gasteiger partial charge < -0.3 is 4.42 Å². The number of thiazole rings is 1. The zero-order chi connectivity index (χ0) is 16.0. The number of hydrogen-bond acceptors (Lipinski definition) is 4. The Morgan fingerprint density at radius 3 is 2.74 bits per heavy atom. The first-order chi connectivity index (χ1) is 11.1. The van der Waals surface area contributed by atoms with Crippen molar-refractivity contribution in [2.24, 2.45) is 0 Å². The highest BCUT2D eigenvalue weighted by atomic mass is 32.1. The standard InChI is InChI=1S/C18H14N2O2S/c1-10-6-5-9-14-15(10)19-18(23-14)20-17(21)16-11(2)12-7-3-4-8-13(12)22-16/h3-9H,1-2H3,(H,19,20,21). The van der Waals surface area contributed by atoms with Crippen LogP contribution < -0.4 is 5.32 Å². The van der Waals surface area contributed by atoms with Crippen LogP contribution in [-0.4, -0.2) is 10.9 Å². The molecule has 0 aliphatic carbocycles. The summed E-state index contributed by atoms with van der Waals surface area (Å²) < 4.78 is 6.75. The zero-order valence-corrected chi connectivity index (χ0v) is 13.5. The predicted molar refractivity (Wildman–Crippen MR) is 93.3 cm³/mol. The minimum Gasteiger partial charge on any atom is -0.451 e. The Hall–Kier alpha value is -2.66. The molecule has 0 fully saturated rings. The van der Waals surface area contributed by atoms with Crippen molar-refractivity contribution in [1.82, 2.24) is 4.98 Å². The highest BCUT2D eigenvalue weighted by Gasteiger charge is 2.19. The molecule has 2 aromatic carbocycles. The molecule has 0 unspecified atom stereocenters. The molecular formula is C18H14N2O2S. The van der Waals surface area contributed by atoms with Crippen LogP contribution in [0.4, 0.5) is 5.13 Å². The maximum atomic E-state index is 12.5. The maximum Gasteiger partial charge on any atom is 0.293 e. The molecule has 0 saturated carbocycles. The van der Waals surface area contributed by atoms with Crippen molar-refractivity contribution in [3.63, 3.8) is 0 Å². The van der Waals surface area contributed by atoms with E-state index in [1.54, 1.807) is 0 Å². The molecule has 0 atom stereocenters. The van der Waals surface area contributed by atoms with Crippen LogP contribution in [0.5, 0.6) is 0 Å². The lowest BCUT2D eigenvalue weighted by Gasteiger charge is -1.98. The summed E-state index contributed by atoms with van der Waals surface area (Å²) in [6.45, 7) is 3.90. The molecule has 4 nitrogen and oxygen atoms in total. The van der Waals surface area contributed by atoms with Gasteiger partial charge in [0.15, 0.2) is 10.9 Å². The van der Waals surface area contributed by atoms with Crippen LogP contribution in [0, 0.1) is 13.8 Å². The molecule has 0 bridgehead atoms. The zero-order valence-electron chi connectivity index (χ0n) is 12.7. The molecule has 0 spiro atoms. The van der Waals surface area contributed by atoms with E-state index in [1.165, 1.54) is 11.3 Å². The average molecular weight is 322 g/mol. The van der Waals surface area contributed by atoms with Crippen LogP contribution in [-0.2, 0) is 0 Å². The molecule has 5 heteroatoms. The fourth-order valence-electron chi connectivity index (χ4n) is 2.68. The monoisotopic (exact) mass is 322 g/mol. The van der Waals surface area contributed by atoms with Gasteiger partial charge in [-0.15, -0.1) is 0 Å². The highest BCUT2D eigenvalue weighted by Crippen LogP contribution is 2.30. The molecular weight excluding hydrogens is 308 g/mol. The molecule has 0 radical (unpaired) electrons. The van der Waals surface area contributed by atoms with Gasteiger partial charge in [0.05, 0.1) is 10.2 Å². The third-order valence-corrected chi connectivity index (χ3v) is 4.83. The number of hydrogen-bond donors (Lipinski definition) is 1. The van der Waals surface area contributed by atoms with E-state index in [0.29, 0.717) is 10.9 Å². The van der Waals surface area contributed by atoms with Crippen LogP contribution in [0.3, 0.4) is 0 Å². The van der Waals surface area contributed by atoms with Gasteiger partial charge in [-0.05, 0) is 31.5 Å². The number of anilines is 1. The molecule has 0 saturated heterocycles. The fourth-order valence-corrected chi connectivity index (χ4v) is 3.62. The largest absolute Gasteiger partial charge is 0.451 e. The Morgan fingerprint density at radius 2 is 1.96 bits per heavy atom. The lowest BCUT2D eigenvalue weighted by atomic mass is 10.1. The molecule has 1 N–H and O–H groups in total. The van der Waals surface area contributed by atoms with E-state index < -0.39 is 0 Å². The third kappa shape index (κ3) is 2.29. The van der Waals surface area contributed by atoms with E-state index in [-0.39, 0.29) is 5.91 Å². The van der Waals surface area contributed by atoms with E-state index >= 15 is 0 Å². The van der Waals surface area contributed by atoms with Gasteiger partial charge in [0, 0.05) is 10.9 Å². The van der Waals surface area contributed by atoms with Crippen molar-refractivity contribution in [3.05, 3.63) is 59.4 Å². The van der Waals surface area contributed by atoms with Crippen molar-refractivity contribution >= 4 is 43.6 Å². The van der Waals surface area contributed by atoms with Crippen molar-refractivity contribution < 1.29 is 9.21 Å². The SMILES string of the molecule is Cc1c(C(=O)Nc2nc3c(C)cccc3s2)oc2ccccc12. The first-order valence-corrected chi connectivity index (χ1v) is 8.11. The first-order valence-electron chi connectivity index (χ1n) is 7.29. The maximum absolute atomic E-state index is 12.5. The van der Waals surface area contributed by atoms with Crippen molar-refractivity contribution in [3.8, 4) is 0 Å². The minimum absolute atomic E-state index is 0.268. The molecule has 0 aliphatic rings. The van der Waals surface area contributed by atoms with Crippen LogP contribution in [0.2, 0.25) is 0 Å². The second kappa shape index (κ2) is 5.21. The molecule has 114 valence electrons. The van der Waals surface area contributed by atoms with Crippen LogP contribution >= 0.6 is 11.3 Å². The first kappa shape index (κ1) is 14.0. The van der Waals surface area contributed by atoms with Gasteiger partial charge in [-0.25, -0.2) is 4.98 Å². The van der Waals surface area contributed by atoms with Crippen molar-refractivity contribution in [2.45, 2.75) is 13.8 Å². The summed E-state index contributed by atoms with van der Waals surface area (Å²) in [5.74, 6) is 0.0672. The normalized spacial score (nSPS) is 11.2. The Morgan fingerprint density at radius 1 is 1.13 bits per heavy atom. The van der Waals surface area contributed by atoms with E-state index in [1.807, 2.05) is 56.3 Å². The van der Waals surface area contributed by atoms with Crippen molar-refractivity contribution in [2.75, 3.05) is 5.32 Å². The molecule has 0 aliphatic heterocycles. The number of para-hydroxylation sites is 2. The summed E-state index contributed by atoms with van der Waals surface area (Å²) in [6.07, 6.45) is 0. The van der Waals surface area contributed by atoms with Crippen LogP contribution in [0.25, 0.3) is 21.2 Å². The Bertz CT molecular complexity index is 1050. The number of fused-ring (bicyclic) bond motifs is 2. The molecule has 2 heterocycles. The van der Waals surface area contributed by atoms with E-state index in [0.717, 1.165) is 32.3 Å².